The summed E-state index contributed by atoms with van der Waals surface area (Å²) >= 11 is 0. The van der Waals surface area contributed by atoms with E-state index in [0.29, 0.717) is 0 Å². The van der Waals surface area contributed by atoms with Crippen LogP contribution in [0.4, 0.5) is 0 Å². The Morgan fingerprint density at radius 2 is 2.20 bits per heavy atom. The monoisotopic (exact) mass is 202 g/mol. The molecule has 0 unspecified atom stereocenters. The van der Waals surface area contributed by atoms with Crippen molar-refractivity contribution in [2.45, 2.75) is 13.0 Å². The van der Waals surface area contributed by atoms with Gasteiger partial charge in [0.05, 0.1) is 0 Å². The number of likely N-dealkylation sites (N-methyl/N-ethyl adjacent to an activating group) is 1. The van der Waals surface area contributed by atoms with E-state index < -0.39 is 0 Å². The molecule has 3 heterocycles. The van der Waals surface area contributed by atoms with Crippen molar-refractivity contribution in [3.05, 3.63) is 23.8 Å². The summed E-state index contributed by atoms with van der Waals surface area (Å²) in [5.74, 6) is 0. The van der Waals surface area contributed by atoms with Gasteiger partial charge in [-0.1, -0.05) is 0 Å². The molecule has 0 amide bonds. The highest BCUT2D eigenvalue weighted by atomic mass is 15.1. The fourth-order valence-electron chi connectivity index (χ4n) is 2.41. The molecule has 0 fully saturated rings. The van der Waals surface area contributed by atoms with Crippen molar-refractivity contribution in [1.82, 2.24) is 19.4 Å². The zero-order valence-corrected chi connectivity index (χ0v) is 9.06. The summed E-state index contributed by atoms with van der Waals surface area (Å²) in [6, 6.07) is 0. The predicted molar refractivity (Wildman–Crippen MR) is 58.5 cm³/mol. The van der Waals surface area contributed by atoms with E-state index in [0.717, 1.165) is 25.2 Å². The Bertz CT molecular complexity index is 515. The average Bonchev–Trinajstić information content (AvgIpc) is 2.54. The van der Waals surface area contributed by atoms with Crippen LogP contribution >= 0.6 is 0 Å². The van der Waals surface area contributed by atoms with E-state index in [1.165, 1.54) is 16.6 Å². The molecule has 0 N–H and O–H groups in total. The zero-order chi connectivity index (χ0) is 10.4. The van der Waals surface area contributed by atoms with Crippen LogP contribution in [-0.4, -0.2) is 33.0 Å². The minimum Gasteiger partial charge on any atom is -0.331 e. The Morgan fingerprint density at radius 3 is 3.07 bits per heavy atom. The molecule has 1 aliphatic rings. The SMILES string of the molecule is CN1CCc2c(n(C)c3ncncc23)C1. The van der Waals surface area contributed by atoms with Gasteiger partial charge in [-0.3, -0.25) is 0 Å². The van der Waals surface area contributed by atoms with Crippen molar-refractivity contribution in [3.8, 4) is 0 Å². The fourth-order valence-corrected chi connectivity index (χ4v) is 2.41. The molecule has 0 atom stereocenters. The minimum absolute atomic E-state index is 1.02. The first-order valence-electron chi connectivity index (χ1n) is 5.22. The molecule has 2 aromatic rings. The third-order valence-electron chi connectivity index (χ3n) is 3.25. The Kier molecular flexibility index (Phi) is 1.79. The first-order chi connectivity index (χ1) is 7.27. The largest absolute Gasteiger partial charge is 0.331 e. The summed E-state index contributed by atoms with van der Waals surface area (Å²) in [6.45, 7) is 2.14. The van der Waals surface area contributed by atoms with E-state index in [2.05, 4.69) is 33.5 Å². The van der Waals surface area contributed by atoms with Crippen LogP contribution in [0.5, 0.6) is 0 Å². The third-order valence-corrected chi connectivity index (χ3v) is 3.25. The lowest BCUT2D eigenvalue weighted by molar-refractivity contribution is 0.305. The van der Waals surface area contributed by atoms with Crippen molar-refractivity contribution in [1.29, 1.82) is 0 Å². The van der Waals surface area contributed by atoms with Crippen molar-refractivity contribution in [2.24, 2.45) is 7.05 Å². The minimum atomic E-state index is 1.02. The van der Waals surface area contributed by atoms with Crippen LogP contribution in [0.1, 0.15) is 11.3 Å². The van der Waals surface area contributed by atoms with Gasteiger partial charge in [-0.25, -0.2) is 9.97 Å². The number of aromatic nitrogens is 3. The van der Waals surface area contributed by atoms with E-state index >= 15 is 0 Å². The molecule has 3 rings (SSSR count). The van der Waals surface area contributed by atoms with Gasteiger partial charge in [0.25, 0.3) is 0 Å². The number of aryl methyl sites for hydroxylation is 1. The highest BCUT2D eigenvalue weighted by molar-refractivity contribution is 5.81. The van der Waals surface area contributed by atoms with Crippen LogP contribution in [0, 0.1) is 0 Å². The first kappa shape index (κ1) is 8.85. The molecular weight excluding hydrogens is 188 g/mol. The molecular formula is C11H14N4. The van der Waals surface area contributed by atoms with Gasteiger partial charge in [0, 0.05) is 37.4 Å². The molecule has 0 spiro atoms. The van der Waals surface area contributed by atoms with Crippen LogP contribution < -0.4 is 0 Å². The topological polar surface area (TPSA) is 34.0 Å². The standard InChI is InChI=1S/C11H14N4/c1-14-4-3-8-9-5-12-7-13-11(9)15(2)10(8)6-14/h5,7H,3-4,6H2,1-2H3. The predicted octanol–water partition coefficient (Wildman–Crippen LogP) is 0.956. The van der Waals surface area contributed by atoms with E-state index in [9.17, 15) is 0 Å². The van der Waals surface area contributed by atoms with Gasteiger partial charge in [-0.2, -0.15) is 0 Å². The quantitative estimate of drug-likeness (QED) is 0.638. The van der Waals surface area contributed by atoms with E-state index in [1.54, 1.807) is 6.33 Å². The lowest BCUT2D eigenvalue weighted by Gasteiger charge is -2.23. The van der Waals surface area contributed by atoms with Crippen molar-refractivity contribution in [2.75, 3.05) is 13.6 Å². The van der Waals surface area contributed by atoms with Crippen LogP contribution in [0.15, 0.2) is 12.5 Å². The second-order valence-corrected chi connectivity index (χ2v) is 4.23. The molecule has 78 valence electrons. The van der Waals surface area contributed by atoms with Gasteiger partial charge in [-0.05, 0) is 19.0 Å². The van der Waals surface area contributed by atoms with Gasteiger partial charge in [-0.15, -0.1) is 0 Å². The summed E-state index contributed by atoms with van der Waals surface area (Å²) in [5.41, 5.74) is 3.88. The van der Waals surface area contributed by atoms with Crippen LogP contribution in [0.2, 0.25) is 0 Å². The second kappa shape index (κ2) is 3.03. The number of hydrogen-bond donors (Lipinski definition) is 0. The number of fused-ring (bicyclic) bond motifs is 3. The molecule has 2 aromatic heterocycles. The van der Waals surface area contributed by atoms with E-state index in [-0.39, 0.29) is 0 Å². The highest BCUT2D eigenvalue weighted by Gasteiger charge is 2.21. The van der Waals surface area contributed by atoms with Gasteiger partial charge in [0.1, 0.15) is 12.0 Å². The molecule has 4 heteroatoms. The summed E-state index contributed by atoms with van der Waals surface area (Å²) in [4.78, 5) is 10.8. The smallest absolute Gasteiger partial charge is 0.143 e. The summed E-state index contributed by atoms with van der Waals surface area (Å²) < 4.78 is 2.20. The normalized spacial score (nSPS) is 16.9. The molecule has 0 radical (unpaired) electrons. The summed E-state index contributed by atoms with van der Waals surface area (Å²) in [7, 11) is 4.25. The summed E-state index contributed by atoms with van der Waals surface area (Å²) in [6.07, 6.45) is 4.67. The van der Waals surface area contributed by atoms with Crippen molar-refractivity contribution in [3.63, 3.8) is 0 Å². The van der Waals surface area contributed by atoms with Crippen molar-refractivity contribution < 1.29 is 0 Å². The Labute approximate surface area is 88.6 Å². The van der Waals surface area contributed by atoms with Crippen LogP contribution in [0.3, 0.4) is 0 Å². The maximum Gasteiger partial charge on any atom is 0.143 e. The Morgan fingerprint density at radius 1 is 1.33 bits per heavy atom. The van der Waals surface area contributed by atoms with Gasteiger partial charge in [0.15, 0.2) is 0 Å². The van der Waals surface area contributed by atoms with E-state index in [1.807, 2.05) is 6.20 Å². The molecule has 0 bridgehead atoms. The number of nitrogens with zero attached hydrogens (tertiary/aromatic N) is 4. The lowest BCUT2D eigenvalue weighted by Crippen LogP contribution is -2.27. The van der Waals surface area contributed by atoms with E-state index in [4.69, 9.17) is 0 Å². The number of rotatable bonds is 0. The second-order valence-electron chi connectivity index (χ2n) is 4.23. The molecule has 0 aromatic carbocycles. The first-order valence-corrected chi connectivity index (χ1v) is 5.22. The molecule has 15 heavy (non-hydrogen) atoms. The lowest BCUT2D eigenvalue weighted by atomic mass is 10.1. The average molecular weight is 202 g/mol. The Balaban J connectivity index is 2.32. The zero-order valence-electron chi connectivity index (χ0n) is 9.06. The fraction of sp³-hybridized carbons (Fsp3) is 0.455. The molecule has 0 saturated carbocycles. The van der Waals surface area contributed by atoms with Gasteiger partial charge >= 0.3 is 0 Å². The summed E-state index contributed by atoms with van der Waals surface area (Å²) in [5, 5.41) is 1.23. The van der Waals surface area contributed by atoms with Gasteiger partial charge in [0.2, 0.25) is 0 Å². The van der Waals surface area contributed by atoms with Gasteiger partial charge < -0.3 is 9.47 Å². The van der Waals surface area contributed by atoms with Crippen LogP contribution in [-0.2, 0) is 20.0 Å². The molecule has 1 aliphatic heterocycles. The van der Waals surface area contributed by atoms with Crippen LogP contribution in [0.25, 0.3) is 11.0 Å². The Hall–Kier alpha value is -1.42. The third kappa shape index (κ3) is 1.18. The number of hydrogen-bond acceptors (Lipinski definition) is 3. The highest BCUT2D eigenvalue weighted by Crippen LogP contribution is 2.27. The van der Waals surface area contributed by atoms with Crippen molar-refractivity contribution >= 4 is 11.0 Å². The maximum atomic E-state index is 4.34. The molecule has 0 saturated heterocycles. The maximum absolute atomic E-state index is 4.34. The molecule has 0 aliphatic carbocycles. The molecule has 4 nitrogen and oxygen atoms in total.